The first-order valence-electron chi connectivity index (χ1n) is 11.4. The van der Waals surface area contributed by atoms with E-state index in [1.807, 2.05) is 20.8 Å². The minimum Gasteiger partial charge on any atom is -0.294 e. The van der Waals surface area contributed by atoms with Crippen molar-refractivity contribution in [1.29, 1.82) is 0 Å². The Morgan fingerprint density at radius 1 is 1.09 bits per heavy atom. The minimum atomic E-state index is -3.91. The molecule has 0 aliphatic heterocycles. The molecule has 0 amide bonds. The summed E-state index contributed by atoms with van der Waals surface area (Å²) in [5.41, 5.74) is 1.40. The van der Waals surface area contributed by atoms with Crippen molar-refractivity contribution in [2.45, 2.75) is 51.3 Å². The third-order valence-corrected chi connectivity index (χ3v) is 7.65. The lowest BCUT2D eigenvalue weighted by Gasteiger charge is -2.21. The molecule has 7 nitrogen and oxygen atoms in total. The number of aromatic nitrogens is 2. The lowest BCUT2D eigenvalue weighted by Crippen LogP contribution is -2.38. The lowest BCUT2D eigenvalue weighted by molar-refractivity contribution is 0.0964. The van der Waals surface area contributed by atoms with Crippen LogP contribution in [-0.2, 0) is 16.4 Å². The van der Waals surface area contributed by atoms with Gasteiger partial charge in [-0.2, -0.15) is 4.31 Å². The molecule has 1 N–H and O–H groups in total. The van der Waals surface area contributed by atoms with Gasteiger partial charge in [0.05, 0.1) is 17.1 Å². The van der Waals surface area contributed by atoms with Crippen molar-refractivity contribution >= 4 is 27.4 Å². The SMILES string of the molecule is CCCCN(CC(=O)c1c(CCC)[nH]n(-c2cccc(Cl)c2)c1=O)S(=O)(=O)c1ccc(C)cc1. The van der Waals surface area contributed by atoms with E-state index in [1.54, 1.807) is 48.5 Å². The maximum Gasteiger partial charge on any atom is 0.282 e. The van der Waals surface area contributed by atoms with Crippen LogP contribution in [0.15, 0.2) is 58.2 Å². The molecule has 1 heterocycles. The van der Waals surface area contributed by atoms with E-state index in [0.29, 0.717) is 35.7 Å². The van der Waals surface area contributed by atoms with Crippen molar-refractivity contribution in [3.63, 3.8) is 0 Å². The van der Waals surface area contributed by atoms with Crippen molar-refractivity contribution in [3.8, 4) is 5.69 Å². The Labute approximate surface area is 205 Å². The van der Waals surface area contributed by atoms with Gasteiger partial charge in [-0.15, -0.1) is 0 Å². The van der Waals surface area contributed by atoms with Crippen LogP contribution in [0.3, 0.4) is 0 Å². The summed E-state index contributed by atoms with van der Waals surface area (Å²) in [6.07, 6.45) is 2.54. The number of rotatable bonds is 11. The van der Waals surface area contributed by atoms with E-state index >= 15 is 0 Å². The number of nitrogens with one attached hydrogen (secondary N) is 1. The third-order valence-electron chi connectivity index (χ3n) is 5.55. The summed E-state index contributed by atoms with van der Waals surface area (Å²) in [6.45, 7) is 5.55. The number of halogens is 1. The van der Waals surface area contributed by atoms with Gasteiger partial charge in [-0.25, -0.2) is 13.1 Å². The number of carbonyl (C=O) groups is 1. The molecule has 2 aromatic carbocycles. The molecule has 3 aromatic rings. The van der Waals surface area contributed by atoms with Crippen LogP contribution in [-0.4, -0.2) is 41.4 Å². The molecule has 182 valence electrons. The van der Waals surface area contributed by atoms with Crippen molar-refractivity contribution < 1.29 is 13.2 Å². The van der Waals surface area contributed by atoms with Crippen LogP contribution >= 0.6 is 11.6 Å². The van der Waals surface area contributed by atoms with E-state index in [1.165, 1.54) is 8.99 Å². The van der Waals surface area contributed by atoms with Gasteiger partial charge in [0.2, 0.25) is 10.0 Å². The number of hydrogen-bond donors (Lipinski definition) is 1. The van der Waals surface area contributed by atoms with E-state index in [9.17, 15) is 18.0 Å². The highest BCUT2D eigenvalue weighted by Gasteiger charge is 2.29. The Bertz CT molecular complexity index is 1310. The number of ketones is 1. The highest BCUT2D eigenvalue weighted by atomic mass is 35.5. The Kier molecular flexibility index (Phi) is 8.52. The quantitative estimate of drug-likeness (QED) is 0.382. The number of H-pyrrole nitrogens is 1. The fourth-order valence-corrected chi connectivity index (χ4v) is 5.33. The third kappa shape index (κ3) is 5.68. The summed E-state index contributed by atoms with van der Waals surface area (Å²) in [5.74, 6) is -0.530. The topological polar surface area (TPSA) is 92.2 Å². The number of nitrogens with zero attached hydrogens (tertiary/aromatic N) is 2. The Hall–Kier alpha value is -2.68. The number of benzene rings is 2. The van der Waals surface area contributed by atoms with Gasteiger partial charge in [0.1, 0.15) is 5.56 Å². The molecule has 0 atom stereocenters. The van der Waals surface area contributed by atoms with Crippen molar-refractivity contribution in [1.82, 2.24) is 14.1 Å². The van der Waals surface area contributed by atoms with Crippen molar-refractivity contribution in [2.24, 2.45) is 0 Å². The predicted octanol–water partition coefficient (Wildman–Crippen LogP) is 4.75. The number of aryl methyl sites for hydroxylation is 2. The van der Waals surface area contributed by atoms with Gasteiger partial charge in [-0.05, 0) is 50.1 Å². The van der Waals surface area contributed by atoms with Crippen molar-refractivity contribution in [3.05, 3.63) is 80.7 Å². The molecule has 0 saturated heterocycles. The Morgan fingerprint density at radius 3 is 2.41 bits per heavy atom. The van der Waals surface area contributed by atoms with Crippen LogP contribution in [0, 0.1) is 6.92 Å². The fourth-order valence-electron chi connectivity index (χ4n) is 3.72. The summed E-state index contributed by atoms with van der Waals surface area (Å²) in [6, 6.07) is 13.3. The van der Waals surface area contributed by atoms with Crippen molar-refractivity contribution in [2.75, 3.05) is 13.1 Å². The number of Topliss-reactive ketones (excluding diaryl/α,β-unsaturated/α-hetero) is 1. The van der Waals surface area contributed by atoms with Gasteiger partial charge >= 0.3 is 0 Å². The zero-order valence-electron chi connectivity index (χ0n) is 19.7. The molecular formula is C25H30ClN3O4S. The standard InChI is InChI=1S/C25H30ClN3O4S/c1-4-6-15-28(34(32,33)21-13-11-18(3)12-14-21)17-23(30)24-22(8-5-2)27-29(25(24)31)20-10-7-9-19(26)16-20/h7,9-14,16,27H,4-6,8,15,17H2,1-3H3. The second kappa shape index (κ2) is 11.2. The maximum absolute atomic E-state index is 13.4. The summed E-state index contributed by atoms with van der Waals surface area (Å²) < 4.78 is 29.2. The number of sulfonamides is 1. The van der Waals surface area contributed by atoms with Gasteiger partial charge < -0.3 is 0 Å². The Morgan fingerprint density at radius 2 is 1.79 bits per heavy atom. The average Bonchev–Trinajstić information content (AvgIpc) is 3.12. The van der Waals surface area contributed by atoms with Gasteiger partial charge in [0, 0.05) is 17.3 Å². The second-order valence-electron chi connectivity index (χ2n) is 8.26. The number of aromatic amines is 1. The molecule has 0 bridgehead atoms. The zero-order valence-corrected chi connectivity index (χ0v) is 21.2. The van der Waals surface area contributed by atoms with Crippen LogP contribution in [0.1, 0.15) is 54.7 Å². The maximum atomic E-state index is 13.4. The van der Waals surface area contributed by atoms with Crippen LogP contribution in [0.2, 0.25) is 5.02 Å². The van der Waals surface area contributed by atoms with Crippen LogP contribution in [0.4, 0.5) is 0 Å². The number of unbranched alkanes of at least 4 members (excludes halogenated alkanes) is 1. The first-order chi connectivity index (χ1) is 16.2. The van der Waals surface area contributed by atoms with Gasteiger partial charge in [-0.3, -0.25) is 14.7 Å². The van der Waals surface area contributed by atoms with Crippen LogP contribution in [0.5, 0.6) is 0 Å². The summed E-state index contributed by atoms with van der Waals surface area (Å²) in [4.78, 5) is 26.8. The molecule has 0 radical (unpaired) electrons. The van der Waals surface area contributed by atoms with E-state index in [2.05, 4.69) is 5.10 Å². The highest BCUT2D eigenvalue weighted by Crippen LogP contribution is 2.19. The molecule has 0 fully saturated rings. The number of carbonyl (C=O) groups excluding carboxylic acids is 1. The van der Waals surface area contributed by atoms with Crippen LogP contribution < -0.4 is 5.56 Å². The van der Waals surface area contributed by atoms with E-state index in [0.717, 1.165) is 12.0 Å². The molecule has 3 rings (SSSR count). The van der Waals surface area contributed by atoms with E-state index in [-0.39, 0.29) is 17.0 Å². The molecule has 0 unspecified atom stereocenters. The van der Waals surface area contributed by atoms with Gasteiger partial charge in [-0.1, -0.05) is 62.1 Å². The lowest BCUT2D eigenvalue weighted by atomic mass is 10.1. The number of hydrogen-bond acceptors (Lipinski definition) is 4. The largest absolute Gasteiger partial charge is 0.294 e. The Balaban J connectivity index is 2.01. The summed E-state index contributed by atoms with van der Waals surface area (Å²) >= 11 is 6.08. The van der Waals surface area contributed by atoms with Gasteiger partial charge in [0.25, 0.3) is 5.56 Å². The average molecular weight is 504 g/mol. The molecule has 1 aromatic heterocycles. The smallest absolute Gasteiger partial charge is 0.282 e. The summed E-state index contributed by atoms with van der Waals surface area (Å²) in [5, 5.41) is 3.48. The highest BCUT2D eigenvalue weighted by molar-refractivity contribution is 7.89. The normalized spacial score (nSPS) is 11.8. The second-order valence-corrected chi connectivity index (χ2v) is 10.6. The predicted molar refractivity (Wildman–Crippen MR) is 135 cm³/mol. The van der Waals surface area contributed by atoms with E-state index < -0.39 is 27.9 Å². The van der Waals surface area contributed by atoms with Gasteiger partial charge in [0.15, 0.2) is 5.78 Å². The molecule has 9 heteroatoms. The molecule has 0 aliphatic carbocycles. The first-order valence-corrected chi connectivity index (χ1v) is 13.2. The monoisotopic (exact) mass is 503 g/mol. The van der Waals surface area contributed by atoms with Crippen LogP contribution in [0.25, 0.3) is 5.69 Å². The molecule has 0 saturated carbocycles. The molecule has 34 heavy (non-hydrogen) atoms. The zero-order chi connectivity index (χ0) is 24.9. The molecule has 0 aliphatic rings. The molecular weight excluding hydrogens is 474 g/mol. The first kappa shape index (κ1) is 25.9. The van der Waals surface area contributed by atoms with E-state index in [4.69, 9.17) is 11.6 Å². The summed E-state index contributed by atoms with van der Waals surface area (Å²) in [7, 11) is -3.91. The fraction of sp³-hybridized carbons (Fsp3) is 0.360. The minimum absolute atomic E-state index is 0.0116. The molecule has 0 spiro atoms.